The van der Waals surface area contributed by atoms with Gasteiger partial charge in [0.05, 0.1) is 23.8 Å². The molecule has 4 N–H and O–H groups in total. The number of carbonyl (C=O) groups excluding carboxylic acids is 4. The Labute approximate surface area is 489 Å². The van der Waals surface area contributed by atoms with E-state index in [-0.39, 0.29) is 25.0 Å². The van der Waals surface area contributed by atoms with Gasteiger partial charge in [0, 0.05) is 20.5 Å². The number of ketones is 1. The lowest BCUT2D eigenvalue weighted by molar-refractivity contribution is -0.141. The van der Waals surface area contributed by atoms with Crippen LogP contribution in [0.3, 0.4) is 0 Å². The Kier molecular flexibility index (Phi) is 17.3. The van der Waals surface area contributed by atoms with Crippen molar-refractivity contribution in [2.75, 3.05) is 17.7 Å². The van der Waals surface area contributed by atoms with Crippen LogP contribution in [0.1, 0.15) is 75.8 Å². The Hall–Kier alpha value is -9.71. The summed E-state index contributed by atoms with van der Waals surface area (Å²) in [6, 6.07) is 56.0. The molecule has 2 aliphatic heterocycles. The third kappa shape index (κ3) is 12.6. The SMILES string of the molecule is CC(=O)c1ccc(B(O)O)cc1.CC1=C(C(=O)OCc2ccc(I)cc2)C(c2cccc3ccccc23)n2nnnc2N1.COC(=O)c1ccc(-c2ccc(COC(=O)C3=C(C)Nc4nnnn4C3c3cccc4ccccc34)cc2)cc1. The van der Waals surface area contributed by atoms with Crippen LogP contribution in [0.15, 0.2) is 205 Å². The predicted octanol–water partition coefficient (Wildman–Crippen LogP) is 9.34. The van der Waals surface area contributed by atoms with E-state index in [1.807, 2.05) is 159 Å². The van der Waals surface area contributed by atoms with Crippen molar-refractivity contribution >= 4 is 92.3 Å². The maximum Gasteiger partial charge on any atom is 0.488 e. The first-order valence-corrected chi connectivity index (χ1v) is 27.1. The molecule has 0 spiro atoms. The van der Waals surface area contributed by atoms with Gasteiger partial charge in [-0.1, -0.05) is 168 Å². The number of aromatic nitrogens is 8. The number of nitrogens with zero attached hydrogens (tertiary/aromatic N) is 8. The number of fused-ring (bicyclic) bond motifs is 4. The molecular formula is C62H52BIN10O9. The second-order valence-electron chi connectivity index (χ2n) is 19.3. The third-order valence-corrected chi connectivity index (χ3v) is 14.7. The van der Waals surface area contributed by atoms with Gasteiger partial charge in [0.15, 0.2) is 5.78 Å². The van der Waals surface area contributed by atoms with Crippen molar-refractivity contribution < 1.29 is 43.4 Å². The van der Waals surface area contributed by atoms with Gasteiger partial charge in [-0.2, -0.15) is 9.36 Å². The van der Waals surface area contributed by atoms with Crippen LogP contribution < -0.4 is 16.1 Å². The third-order valence-electron chi connectivity index (χ3n) is 14.0. The van der Waals surface area contributed by atoms with Crippen molar-refractivity contribution in [1.82, 2.24) is 40.4 Å². The summed E-state index contributed by atoms with van der Waals surface area (Å²) in [4.78, 5) is 49.4. The number of carbonyl (C=O) groups is 4. The summed E-state index contributed by atoms with van der Waals surface area (Å²) in [7, 11) is -0.108. The number of hydrogen-bond donors (Lipinski definition) is 4. The number of esters is 3. The van der Waals surface area contributed by atoms with Gasteiger partial charge in [0.2, 0.25) is 11.9 Å². The van der Waals surface area contributed by atoms with Crippen molar-refractivity contribution in [2.24, 2.45) is 0 Å². The van der Waals surface area contributed by atoms with Gasteiger partial charge >= 0.3 is 25.0 Å². The monoisotopic (exact) mass is 1220 g/mol. The molecular weight excluding hydrogens is 1170 g/mol. The van der Waals surface area contributed by atoms with Crippen molar-refractivity contribution in [3.63, 3.8) is 0 Å². The number of rotatable bonds is 12. The van der Waals surface area contributed by atoms with E-state index in [1.54, 1.807) is 33.6 Å². The standard InChI is InChI=1S/C31H25N5O4.C23H18IN5O2.C8H9BO3/c1-19-27(28(36-31(32-19)33-34-35-36)26-9-5-7-23-6-3-4-8-25(23)26)30(38)40-18-20-10-12-21(13-11-20)22-14-16-24(17-15-22)29(37)39-2;1-14-20(22(30)31-13-15-9-11-17(24)12-10-15)21(29-23(25-14)26-27-28-29)19-8-4-6-16-5-2-3-7-18(16)19;1-6(10)7-2-4-8(5-3-7)9(11)12/h3-17,28H,18H2,1-2H3,(H,32,33,35);2-12,21H,13H2,1H3,(H,25,26,28);2-5,11-12H,1H3. The maximum atomic E-state index is 13.6. The molecule has 2 unspecified atom stereocenters. The number of halogens is 1. The average molecular weight is 1220 g/mol. The maximum absolute atomic E-state index is 13.6. The highest BCUT2D eigenvalue weighted by Crippen LogP contribution is 2.40. The van der Waals surface area contributed by atoms with Crippen LogP contribution in [0.5, 0.6) is 0 Å². The Balaban J connectivity index is 0.000000158. The van der Waals surface area contributed by atoms with Crippen LogP contribution in [0.2, 0.25) is 0 Å². The van der Waals surface area contributed by atoms with Crippen molar-refractivity contribution in [2.45, 2.75) is 46.1 Å². The van der Waals surface area contributed by atoms with Gasteiger partial charge in [-0.05, 0) is 149 Å². The van der Waals surface area contributed by atoms with E-state index in [0.29, 0.717) is 51.0 Å². The molecule has 12 rings (SSSR count). The summed E-state index contributed by atoms with van der Waals surface area (Å²) in [6.45, 7) is 5.43. The molecule has 83 heavy (non-hydrogen) atoms. The normalized spacial score (nSPS) is 14.1. The summed E-state index contributed by atoms with van der Waals surface area (Å²) >= 11 is 2.25. The van der Waals surface area contributed by atoms with Crippen LogP contribution in [0, 0.1) is 3.57 Å². The lowest BCUT2D eigenvalue weighted by Crippen LogP contribution is -2.29. The molecule has 0 aliphatic carbocycles. The van der Waals surface area contributed by atoms with Crippen molar-refractivity contribution in [3.05, 3.63) is 241 Å². The molecule has 19 nitrogen and oxygen atoms in total. The van der Waals surface area contributed by atoms with Gasteiger partial charge in [0.25, 0.3) is 0 Å². The molecule has 4 heterocycles. The molecule has 0 saturated heterocycles. The average Bonchev–Trinajstić information content (AvgIpc) is 3.03. The van der Waals surface area contributed by atoms with E-state index in [1.165, 1.54) is 26.2 Å². The summed E-state index contributed by atoms with van der Waals surface area (Å²) in [5, 5.41) is 52.0. The molecule has 2 aromatic heterocycles. The second kappa shape index (κ2) is 25.4. The Morgan fingerprint density at radius 1 is 0.542 bits per heavy atom. The zero-order chi connectivity index (χ0) is 58.1. The van der Waals surface area contributed by atoms with Gasteiger partial charge in [-0.25, -0.2) is 14.4 Å². The van der Waals surface area contributed by atoms with Crippen LogP contribution in [0.4, 0.5) is 11.9 Å². The van der Waals surface area contributed by atoms with Crippen LogP contribution in [-0.2, 0) is 37.0 Å². The van der Waals surface area contributed by atoms with Crippen LogP contribution in [0.25, 0.3) is 32.7 Å². The highest BCUT2D eigenvalue weighted by Gasteiger charge is 2.37. The number of benzene rings is 8. The first-order valence-electron chi connectivity index (χ1n) is 26.1. The highest BCUT2D eigenvalue weighted by atomic mass is 127. The van der Waals surface area contributed by atoms with Crippen molar-refractivity contribution in [3.8, 4) is 11.1 Å². The minimum Gasteiger partial charge on any atom is -0.465 e. The Morgan fingerprint density at radius 2 is 0.964 bits per heavy atom. The summed E-state index contributed by atoms with van der Waals surface area (Å²) < 4.78 is 20.7. The highest BCUT2D eigenvalue weighted by molar-refractivity contribution is 14.1. The van der Waals surface area contributed by atoms with Crippen molar-refractivity contribution in [1.29, 1.82) is 0 Å². The number of tetrazole rings is 2. The second-order valence-corrected chi connectivity index (χ2v) is 20.5. The first-order chi connectivity index (χ1) is 40.3. The predicted molar refractivity (Wildman–Crippen MR) is 321 cm³/mol. The summed E-state index contributed by atoms with van der Waals surface area (Å²) in [6.07, 6.45) is 0. The fourth-order valence-electron chi connectivity index (χ4n) is 9.74. The van der Waals surface area contributed by atoms with E-state index in [4.69, 9.17) is 24.3 Å². The zero-order valence-electron chi connectivity index (χ0n) is 45.2. The van der Waals surface area contributed by atoms with E-state index in [2.05, 4.69) is 64.3 Å². The molecule has 2 atom stereocenters. The molecule has 21 heteroatoms. The van der Waals surface area contributed by atoms with E-state index in [0.717, 1.165) is 58.5 Å². The summed E-state index contributed by atoms with van der Waals surface area (Å²) in [5.74, 6) is -0.309. The molecule has 0 saturated carbocycles. The first kappa shape index (κ1) is 56.6. The van der Waals surface area contributed by atoms with Gasteiger partial charge < -0.3 is 34.9 Å². The Bertz CT molecular complexity index is 4080. The fourth-order valence-corrected chi connectivity index (χ4v) is 10.1. The van der Waals surface area contributed by atoms with E-state index >= 15 is 0 Å². The van der Waals surface area contributed by atoms with Gasteiger partial charge in [-0.3, -0.25) is 4.79 Å². The fraction of sp³-hybridized carbons (Fsp3) is 0.129. The van der Waals surface area contributed by atoms with E-state index in [9.17, 15) is 19.2 Å². The van der Waals surface area contributed by atoms with Crippen LogP contribution in [-0.4, -0.2) is 88.4 Å². The molecule has 8 aromatic carbocycles. The number of anilines is 2. The smallest absolute Gasteiger partial charge is 0.465 e. The number of hydrogen-bond acceptors (Lipinski definition) is 17. The number of nitrogens with one attached hydrogen (secondary N) is 2. The molecule has 0 fully saturated rings. The van der Waals surface area contributed by atoms with Gasteiger partial charge in [-0.15, -0.1) is 0 Å². The minimum atomic E-state index is -1.47. The van der Waals surface area contributed by atoms with Crippen LogP contribution >= 0.6 is 22.6 Å². The molecule has 0 radical (unpaired) electrons. The number of ether oxygens (including phenoxy) is 3. The topological polar surface area (TPSA) is 248 Å². The van der Waals surface area contributed by atoms with Gasteiger partial charge in [0.1, 0.15) is 25.3 Å². The lowest BCUT2D eigenvalue weighted by atomic mass is 9.80. The molecule has 10 aromatic rings. The van der Waals surface area contributed by atoms with E-state index < -0.39 is 31.1 Å². The molecule has 2 aliphatic rings. The minimum absolute atomic E-state index is 0.0334. The summed E-state index contributed by atoms with van der Waals surface area (Å²) in [5.41, 5.74) is 9.24. The Morgan fingerprint density at radius 3 is 1.41 bits per heavy atom. The molecule has 0 bridgehead atoms. The largest absolute Gasteiger partial charge is 0.488 e. The quantitative estimate of drug-likeness (QED) is 0.0292. The number of methoxy groups -OCH3 is 1. The number of allylic oxidation sites excluding steroid dienone is 2. The zero-order valence-corrected chi connectivity index (χ0v) is 47.3. The molecule has 0 amide bonds. The lowest BCUT2D eigenvalue weighted by Gasteiger charge is -2.28. The number of Topliss-reactive ketones (excluding diaryl/α,β-unsaturated/α-hetero) is 1. The molecule has 414 valence electrons.